The monoisotopic (exact) mass is 1510 g/mol. The first kappa shape index (κ1) is 81.9. The van der Waals surface area contributed by atoms with Gasteiger partial charge in [-0.3, -0.25) is 24.0 Å². The van der Waals surface area contributed by atoms with Crippen molar-refractivity contribution in [2.45, 2.75) is 194 Å². The summed E-state index contributed by atoms with van der Waals surface area (Å²) < 4.78 is 103. The molecule has 0 saturated carbocycles. The molecule has 26 nitrogen and oxygen atoms in total. The second-order valence-electron chi connectivity index (χ2n) is 25.9. The third-order valence-electron chi connectivity index (χ3n) is 16.4. The lowest BCUT2D eigenvalue weighted by Crippen LogP contribution is -2.72. The predicted molar refractivity (Wildman–Crippen MR) is 374 cm³/mol. The fraction of sp³-hybridized carbons (Fsp3) is 0.507. The van der Waals surface area contributed by atoms with Gasteiger partial charge in [-0.15, -0.1) is 0 Å². The second-order valence-corrected chi connectivity index (χ2v) is 34.1. The summed E-state index contributed by atoms with van der Waals surface area (Å²) in [4.78, 5) is 87.4. The van der Waals surface area contributed by atoms with E-state index < -0.39 is 172 Å². The average Bonchev–Trinajstić information content (AvgIpc) is 0.618. The minimum atomic E-state index is -3.02. The van der Waals surface area contributed by atoms with Gasteiger partial charge in [0.1, 0.15) is 74.3 Å². The largest absolute Gasteiger partial charge is 0.465 e. The van der Waals surface area contributed by atoms with Gasteiger partial charge in [-0.05, 0) is 33.9 Å². The van der Waals surface area contributed by atoms with E-state index in [0.29, 0.717) is 12.2 Å². The molecule has 3 saturated heterocycles. The standard InChI is InChI=1S/C73H91Cl3N2O24Si/c1-46(79)90-44-58(96-48(3)81)61(97-49(4)82)63-59(77-71(85)78-94-45-73(74,75)76)55(95-47(2)80)36-72(101-63,70(84)86-5)102-64-60(83)56(42-87-37-50-24-14-9-15-25-50)98-69(66(64)92-40-53-30-20-12-21-31-53)100-62-57(43-88-38-51-26-16-10-17-27-51)99-68(89-34-35-103(6,7)8)67(93-41-54-32-22-13-23-33-54)65(62)91-39-52-28-18-11-19-29-52/h9-33,55-69,83H,34-45H2,1-8H3,(H2,77,78,85)/t55-,56+,57+,58+,59+,60-,61+,62+,63+,64-,65-,66+,67+,68+,69-,72-/m0/s1. The van der Waals surface area contributed by atoms with Gasteiger partial charge < -0.3 is 86.2 Å². The van der Waals surface area contributed by atoms with E-state index >= 15 is 4.79 Å². The Labute approximate surface area is 614 Å². The molecule has 103 heavy (non-hydrogen) atoms. The zero-order valence-corrected chi connectivity index (χ0v) is 61.8. The molecule has 3 N–H and O–H groups in total. The molecule has 0 radical (unpaired) electrons. The van der Waals surface area contributed by atoms with Gasteiger partial charge in [0.2, 0.25) is 3.79 Å². The van der Waals surface area contributed by atoms with Crippen LogP contribution < -0.4 is 10.8 Å². The van der Waals surface area contributed by atoms with Gasteiger partial charge in [0.25, 0.3) is 5.79 Å². The van der Waals surface area contributed by atoms with E-state index in [1.165, 1.54) is 0 Å². The van der Waals surface area contributed by atoms with Crippen molar-refractivity contribution in [3.8, 4) is 0 Å². The summed E-state index contributed by atoms with van der Waals surface area (Å²) >= 11 is 17.8. The second kappa shape index (κ2) is 40.1. The van der Waals surface area contributed by atoms with Crippen molar-refractivity contribution in [3.05, 3.63) is 179 Å². The van der Waals surface area contributed by atoms with Crippen molar-refractivity contribution >= 4 is 78.8 Å². The van der Waals surface area contributed by atoms with Crippen molar-refractivity contribution in [2.24, 2.45) is 0 Å². The van der Waals surface area contributed by atoms with Crippen LogP contribution in [0, 0.1) is 0 Å². The van der Waals surface area contributed by atoms with Crippen LogP contribution in [0.2, 0.25) is 25.7 Å². The molecule has 3 aliphatic heterocycles. The number of benzene rings is 5. The third-order valence-corrected chi connectivity index (χ3v) is 18.5. The number of amides is 2. The van der Waals surface area contributed by atoms with E-state index in [0.717, 1.165) is 63.1 Å². The van der Waals surface area contributed by atoms with Crippen molar-refractivity contribution in [2.75, 3.05) is 40.1 Å². The number of aliphatic hydroxyl groups is 1. The summed E-state index contributed by atoms with van der Waals surface area (Å²) in [6.07, 6.45) is -23.4. The van der Waals surface area contributed by atoms with Crippen LogP contribution in [-0.4, -0.2) is 191 Å². The molecule has 562 valence electrons. The molecular formula is C73H91Cl3N2O24Si. The fourth-order valence-electron chi connectivity index (χ4n) is 11.7. The van der Waals surface area contributed by atoms with Crippen molar-refractivity contribution in [3.63, 3.8) is 0 Å². The Hall–Kier alpha value is -6.71. The molecule has 3 heterocycles. The lowest BCUT2D eigenvalue weighted by atomic mass is 9.87. The Morgan fingerprint density at radius 3 is 1.53 bits per heavy atom. The fourth-order valence-corrected chi connectivity index (χ4v) is 12.6. The first-order valence-electron chi connectivity index (χ1n) is 33.6. The van der Waals surface area contributed by atoms with Gasteiger partial charge >= 0.3 is 35.9 Å². The Morgan fingerprint density at radius 1 is 0.592 bits per heavy atom. The number of alkyl halides is 3. The molecule has 3 fully saturated rings. The summed E-state index contributed by atoms with van der Waals surface area (Å²) in [5, 5.41) is 15.9. The van der Waals surface area contributed by atoms with E-state index in [4.69, 9.17) is 115 Å². The van der Waals surface area contributed by atoms with E-state index in [1.54, 1.807) is 30.3 Å². The Balaban J connectivity index is 1.32. The van der Waals surface area contributed by atoms with Crippen LogP contribution in [0.5, 0.6) is 0 Å². The predicted octanol–water partition coefficient (Wildman–Crippen LogP) is 9.10. The lowest BCUT2D eigenvalue weighted by Gasteiger charge is -2.52. The normalized spacial score (nSPS) is 25.6. The first-order valence-corrected chi connectivity index (χ1v) is 38.4. The first-order chi connectivity index (χ1) is 49.3. The number of aliphatic hydroxyl groups excluding tert-OH is 1. The molecule has 8 rings (SSSR count). The Bertz CT molecular complexity index is 3430. The third kappa shape index (κ3) is 26.1. The van der Waals surface area contributed by atoms with Gasteiger partial charge in [0, 0.05) is 42.4 Å². The van der Waals surface area contributed by atoms with Crippen LogP contribution in [0.4, 0.5) is 4.79 Å². The molecule has 0 unspecified atom stereocenters. The number of carbonyl (C=O) groups excluding carboxylic acids is 6. The van der Waals surface area contributed by atoms with Gasteiger partial charge in [-0.1, -0.05) is 206 Å². The molecule has 0 aromatic heterocycles. The van der Waals surface area contributed by atoms with E-state index in [9.17, 15) is 29.1 Å². The van der Waals surface area contributed by atoms with Crippen LogP contribution in [0.3, 0.4) is 0 Å². The van der Waals surface area contributed by atoms with E-state index in [-0.39, 0.29) is 39.6 Å². The van der Waals surface area contributed by atoms with Crippen LogP contribution >= 0.6 is 34.8 Å². The summed E-state index contributed by atoms with van der Waals surface area (Å²) in [6.45, 7) is 8.85. The minimum Gasteiger partial charge on any atom is -0.465 e. The molecule has 30 heteroatoms. The number of rotatable bonds is 36. The molecular weight excluding hydrogens is 1420 g/mol. The van der Waals surface area contributed by atoms with Crippen LogP contribution in [0.1, 0.15) is 61.9 Å². The molecule has 0 spiro atoms. The smallest absolute Gasteiger partial charge is 0.366 e. The SMILES string of the molecule is COC(=O)[C@@]1(O[C@H]2[C@@H](O)[C@@H](COCc3ccccc3)O[C@@H](O[C@H]3[C@H](OCc4ccccc4)[C@@H](OCc4ccccc4)[C@H](OCC[Si](C)(C)C)O[C@@H]3COCc3ccccc3)[C@@H]2OCc2ccccc2)C[C@H](OC(C)=O)[C@@H](NC(=O)NOCC(Cl)(Cl)Cl)[C@H]([C@H](OC(C)=O)[C@@H](COC(C)=O)OC(C)=O)O1. The maximum Gasteiger partial charge on any atom is 0.366 e. The summed E-state index contributed by atoms with van der Waals surface area (Å²) in [5.41, 5.74) is 5.85. The molecule has 5 aromatic carbocycles. The topological polar surface area (TPSA) is 304 Å². The zero-order chi connectivity index (χ0) is 74.1. The zero-order valence-electron chi connectivity index (χ0n) is 58.6. The number of halogens is 3. The molecule has 0 bridgehead atoms. The minimum absolute atomic E-state index is 0.00252. The summed E-state index contributed by atoms with van der Waals surface area (Å²) in [7, 11) is -0.761. The number of methoxy groups -OCH3 is 1. The van der Waals surface area contributed by atoms with Crippen molar-refractivity contribution < 1.29 is 115 Å². The number of hydroxylamine groups is 1. The highest BCUT2D eigenvalue weighted by molar-refractivity contribution is 6.76. The van der Waals surface area contributed by atoms with Gasteiger partial charge in [0.15, 0.2) is 24.8 Å². The summed E-state index contributed by atoms with van der Waals surface area (Å²) in [6, 6.07) is 44.2. The number of urea groups is 1. The van der Waals surface area contributed by atoms with Gasteiger partial charge in [-0.2, -0.15) is 0 Å². The molecule has 16 atom stereocenters. The van der Waals surface area contributed by atoms with Crippen molar-refractivity contribution in [1.82, 2.24) is 10.8 Å². The van der Waals surface area contributed by atoms with Crippen LogP contribution in [0.15, 0.2) is 152 Å². The maximum atomic E-state index is 15.4. The molecule has 0 aliphatic carbocycles. The number of ether oxygens (including phenoxy) is 16. The number of nitrogens with one attached hydrogen (secondary N) is 2. The molecule has 5 aromatic rings. The Kier molecular flexibility index (Phi) is 31.9. The quantitative estimate of drug-likeness (QED) is 0.0111. The van der Waals surface area contributed by atoms with Gasteiger partial charge in [-0.25, -0.2) is 15.1 Å². The molecule has 3 aliphatic rings. The van der Waals surface area contributed by atoms with Crippen LogP contribution in [-0.2, 0) is 138 Å². The van der Waals surface area contributed by atoms with Gasteiger partial charge in [0.05, 0.1) is 65.8 Å². The highest BCUT2D eigenvalue weighted by atomic mass is 35.6. The Morgan fingerprint density at radius 2 is 1.07 bits per heavy atom. The highest BCUT2D eigenvalue weighted by Gasteiger charge is 2.63. The number of carbonyl (C=O) groups is 6. The van der Waals surface area contributed by atoms with E-state index in [2.05, 4.69) is 30.4 Å². The van der Waals surface area contributed by atoms with E-state index in [1.807, 2.05) is 121 Å². The number of hydrogen-bond donors (Lipinski definition) is 3. The number of hydrogen-bond acceptors (Lipinski definition) is 24. The summed E-state index contributed by atoms with van der Waals surface area (Å²) in [5.74, 6) is -8.38. The lowest BCUT2D eigenvalue weighted by molar-refractivity contribution is -0.395. The van der Waals surface area contributed by atoms with Crippen molar-refractivity contribution in [1.29, 1.82) is 0 Å². The maximum absolute atomic E-state index is 15.4. The highest BCUT2D eigenvalue weighted by Crippen LogP contribution is 2.43. The number of esters is 5. The molecule has 2 amide bonds. The van der Waals surface area contributed by atoms with Crippen LogP contribution in [0.25, 0.3) is 0 Å². The average molecular weight is 1510 g/mol.